The average Bonchev–Trinajstić information content (AvgIpc) is 3.28. The lowest BCUT2D eigenvalue weighted by Crippen LogP contribution is -2.52. The summed E-state index contributed by atoms with van der Waals surface area (Å²) < 4.78 is 6.11. The molecule has 3 aliphatic carbocycles. The van der Waals surface area contributed by atoms with E-state index in [-0.39, 0.29) is 40.8 Å². The summed E-state index contributed by atoms with van der Waals surface area (Å²) in [6.45, 7) is 6.35. The number of fused-ring (bicyclic) bond motifs is 5. The van der Waals surface area contributed by atoms with Crippen LogP contribution in [0, 0.1) is 28.6 Å². The van der Waals surface area contributed by atoms with Gasteiger partial charge in [0.05, 0.1) is 5.71 Å². The summed E-state index contributed by atoms with van der Waals surface area (Å²) in [6, 6.07) is 0. The van der Waals surface area contributed by atoms with E-state index in [4.69, 9.17) is 9.57 Å². The summed E-state index contributed by atoms with van der Waals surface area (Å²) in [5.74, 6) is 1.09. The fourth-order valence-electron chi connectivity index (χ4n) is 7.10. The average molecular weight is 403 g/mol. The highest BCUT2D eigenvalue weighted by Crippen LogP contribution is 2.61. The van der Waals surface area contributed by atoms with Crippen LogP contribution in [0.4, 0.5) is 0 Å². The summed E-state index contributed by atoms with van der Waals surface area (Å²) in [7, 11) is 0. The van der Waals surface area contributed by atoms with Crippen molar-refractivity contribution >= 4 is 17.5 Å². The van der Waals surface area contributed by atoms with Crippen molar-refractivity contribution in [2.75, 3.05) is 13.1 Å². The Morgan fingerprint density at radius 3 is 2.72 bits per heavy atom. The van der Waals surface area contributed by atoms with Crippen molar-refractivity contribution in [1.29, 1.82) is 0 Å². The molecular formula is C23H34N2O4. The van der Waals surface area contributed by atoms with Crippen LogP contribution in [-0.4, -0.2) is 42.8 Å². The van der Waals surface area contributed by atoms with Gasteiger partial charge in [0, 0.05) is 43.1 Å². The van der Waals surface area contributed by atoms with Crippen molar-refractivity contribution in [2.45, 2.75) is 83.8 Å². The Hall–Kier alpha value is -1.43. The fourth-order valence-corrected chi connectivity index (χ4v) is 7.10. The number of oxime groups is 1. The van der Waals surface area contributed by atoms with Gasteiger partial charge in [0.15, 0.2) is 0 Å². The number of ether oxygens (including phenoxy) is 1. The van der Waals surface area contributed by atoms with Crippen LogP contribution in [0.25, 0.3) is 0 Å². The van der Waals surface area contributed by atoms with Crippen molar-refractivity contribution in [3.63, 3.8) is 0 Å². The number of Topliss-reactive ketones (excluding diaryl/α,β-unsaturated/α-hetero) is 1. The first kappa shape index (κ1) is 19.5. The highest BCUT2D eigenvalue weighted by molar-refractivity contribution is 5.88. The lowest BCUT2D eigenvalue weighted by atomic mass is 9.52. The molecule has 1 unspecified atom stereocenters. The first-order valence-corrected chi connectivity index (χ1v) is 11.6. The lowest BCUT2D eigenvalue weighted by Gasteiger charge is -2.52. The SMILES string of the molecule is C[C@]12CC/C(=N/O[C@@H]3CCNC3)CC1CC(=O)O[C@@H]1[C@@H]2CC[C@]2(C)C(=O)CC[C@@H]12. The third-order valence-corrected chi connectivity index (χ3v) is 9.15. The second-order valence-electron chi connectivity index (χ2n) is 10.6. The largest absolute Gasteiger partial charge is 0.462 e. The second kappa shape index (κ2) is 7.07. The van der Waals surface area contributed by atoms with Crippen LogP contribution in [0.2, 0.25) is 0 Å². The van der Waals surface area contributed by atoms with E-state index in [1.807, 2.05) is 0 Å². The van der Waals surface area contributed by atoms with Crippen molar-refractivity contribution < 1.29 is 19.2 Å². The van der Waals surface area contributed by atoms with E-state index in [2.05, 4.69) is 24.3 Å². The summed E-state index contributed by atoms with van der Waals surface area (Å²) in [5.41, 5.74) is 0.877. The minimum absolute atomic E-state index is 0.0672. The van der Waals surface area contributed by atoms with Crippen LogP contribution in [-0.2, 0) is 19.2 Å². The Balaban J connectivity index is 1.37. The van der Waals surface area contributed by atoms with E-state index in [0.717, 1.165) is 63.7 Å². The van der Waals surface area contributed by atoms with E-state index in [1.165, 1.54) is 0 Å². The van der Waals surface area contributed by atoms with Crippen LogP contribution in [0.1, 0.15) is 71.6 Å². The zero-order valence-electron chi connectivity index (χ0n) is 17.7. The number of nitrogens with zero attached hydrogens (tertiary/aromatic N) is 1. The maximum Gasteiger partial charge on any atom is 0.306 e. The highest BCUT2D eigenvalue weighted by Gasteiger charge is 2.61. The molecule has 0 radical (unpaired) electrons. The zero-order chi connectivity index (χ0) is 20.2. The number of carbonyl (C=O) groups is 2. The first-order chi connectivity index (χ1) is 13.9. The monoisotopic (exact) mass is 402 g/mol. The van der Waals surface area contributed by atoms with E-state index >= 15 is 0 Å². The highest BCUT2D eigenvalue weighted by atomic mass is 16.6. The fraction of sp³-hybridized carbons (Fsp3) is 0.870. The van der Waals surface area contributed by atoms with Crippen molar-refractivity contribution in [1.82, 2.24) is 5.32 Å². The summed E-state index contributed by atoms with van der Waals surface area (Å²) in [5, 5.41) is 7.80. The van der Waals surface area contributed by atoms with Crippen LogP contribution in [0.15, 0.2) is 5.16 Å². The number of hydrogen-bond acceptors (Lipinski definition) is 6. The Kier molecular flexibility index (Phi) is 4.76. The smallest absolute Gasteiger partial charge is 0.306 e. The molecule has 0 amide bonds. The van der Waals surface area contributed by atoms with E-state index in [1.54, 1.807) is 0 Å². The number of ketones is 1. The summed E-state index contributed by atoms with van der Waals surface area (Å²) in [6.07, 6.45) is 7.79. The molecule has 5 aliphatic rings. The zero-order valence-corrected chi connectivity index (χ0v) is 17.7. The molecule has 3 saturated carbocycles. The van der Waals surface area contributed by atoms with Crippen LogP contribution in [0.3, 0.4) is 0 Å². The molecule has 5 fully saturated rings. The molecule has 0 aromatic heterocycles. The van der Waals surface area contributed by atoms with Crippen LogP contribution >= 0.6 is 0 Å². The molecule has 2 saturated heterocycles. The van der Waals surface area contributed by atoms with Gasteiger partial charge in [-0.25, -0.2) is 0 Å². The molecule has 5 rings (SSSR count). The molecule has 6 nitrogen and oxygen atoms in total. The van der Waals surface area contributed by atoms with Gasteiger partial charge in [-0.15, -0.1) is 0 Å². The van der Waals surface area contributed by atoms with E-state index in [9.17, 15) is 9.59 Å². The number of hydrogen-bond donors (Lipinski definition) is 1. The normalized spacial score (nSPS) is 48.5. The molecule has 160 valence electrons. The van der Waals surface area contributed by atoms with Gasteiger partial charge < -0.3 is 14.9 Å². The first-order valence-electron chi connectivity index (χ1n) is 11.6. The number of nitrogens with one attached hydrogen (secondary N) is 1. The molecule has 29 heavy (non-hydrogen) atoms. The number of rotatable bonds is 2. The lowest BCUT2D eigenvalue weighted by molar-refractivity contribution is -0.165. The quantitative estimate of drug-likeness (QED) is 0.567. The standard InChI is InChI=1S/C23H34N2O4/c1-22-8-5-15(25-29-16-7-10-24-13-16)11-14(22)12-20(27)28-21-17-3-4-19(26)23(17,2)9-6-18(21)22/h14,16-18,21,24H,3-13H2,1-2H3/b25-15-/t14?,16-,17+,18+,21+,22+,23+/m1/s1. The molecular weight excluding hydrogens is 368 g/mol. The molecule has 0 aromatic rings. The van der Waals surface area contributed by atoms with E-state index < -0.39 is 0 Å². The topological polar surface area (TPSA) is 77.0 Å². The molecule has 6 heteroatoms. The maximum absolute atomic E-state index is 12.8. The van der Waals surface area contributed by atoms with Gasteiger partial charge in [0.25, 0.3) is 0 Å². The Labute approximate surface area is 173 Å². The Morgan fingerprint density at radius 2 is 1.93 bits per heavy atom. The molecule has 7 atom stereocenters. The molecule has 0 spiro atoms. The van der Waals surface area contributed by atoms with Gasteiger partial charge in [-0.05, 0) is 56.4 Å². The van der Waals surface area contributed by atoms with Crippen LogP contribution < -0.4 is 5.32 Å². The maximum atomic E-state index is 12.8. The van der Waals surface area contributed by atoms with Crippen molar-refractivity contribution in [3.05, 3.63) is 0 Å². The number of esters is 1. The third-order valence-electron chi connectivity index (χ3n) is 9.15. The Bertz CT molecular complexity index is 730. The Morgan fingerprint density at radius 1 is 1.07 bits per heavy atom. The molecule has 0 bridgehead atoms. The van der Waals surface area contributed by atoms with Crippen molar-refractivity contribution in [3.8, 4) is 0 Å². The molecule has 2 heterocycles. The molecule has 1 N–H and O–H groups in total. The van der Waals surface area contributed by atoms with Gasteiger partial charge in [-0.3, -0.25) is 9.59 Å². The number of carbonyl (C=O) groups excluding carboxylic acids is 2. The summed E-state index contributed by atoms with van der Waals surface area (Å²) in [4.78, 5) is 31.2. The van der Waals surface area contributed by atoms with Gasteiger partial charge in [-0.1, -0.05) is 19.0 Å². The van der Waals surface area contributed by atoms with Crippen molar-refractivity contribution in [2.24, 2.45) is 33.7 Å². The molecule has 2 aliphatic heterocycles. The van der Waals surface area contributed by atoms with Crippen LogP contribution in [0.5, 0.6) is 0 Å². The second-order valence-corrected chi connectivity index (χ2v) is 10.6. The van der Waals surface area contributed by atoms with Gasteiger partial charge >= 0.3 is 5.97 Å². The van der Waals surface area contributed by atoms with Gasteiger partial charge in [0.2, 0.25) is 0 Å². The predicted octanol–water partition coefficient (Wildman–Crippen LogP) is 3.24. The molecule has 0 aromatic carbocycles. The third kappa shape index (κ3) is 3.13. The minimum atomic E-state index is -0.290. The summed E-state index contributed by atoms with van der Waals surface area (Å²) >= 11 is 0. The van der Waals surface area contributed by atoms with Gasteiger partial charge in [-0.2, -0.15) is 0 Å². The van der Waals surface area contributed by atoms with Gasteiger partial charge in [0.1, 0.15) is 18.0 Å². The minimum Gasteiger partial charge on any atom is -0.462 e. The predicted molar refractivity (Wildman–Crippen MR) is 108 cm³/mol. The van der Waals surface area contributed by atoms with E-state index in [0.29, 0.717) is 24.5 Å².